The molecule has 0 saturated carbocycles. The van der Waals surface area contributed by atoms with Crippen LogP contribution in [0, 0.1) is 13.8 Å². The first-order chi connectivity index (χ1) is 11.0. The third-order valence-corrected chi connectivity index (χ3v) is 3.86. The molecule has 2 aromatic rings. The fourth-order valence-corrected chi connectivity index (χ4v) is 2.38. The van der Waals surface area contributed by atoms with Crippen molar-refractivity contribution >= 4 is 5.69 Å². The van der Waals surface area contributed by atoms with Crippen LogP contribution in [0.1, 0.15) is 42.9 Å². The number of benzene rings is 2. The molecule has 0 atom stereocenters. The number of nitrogens with two attached hydrogens (primary N) is 1. The summed E-state index contributed by atoms with van der Waals surface area (Å²) in [6.45, 7) is 9.70. The zero-order valence-corrected chi connectivity index (χ0v) is 14.6. The van der Waals surface area contributed by atoms with Gasteiger partial charge in [-0.2, -0.15) is 0 Å². The van der Waals surface area contributed by atoms with E-state index in [0.717, 1.165) is 29.2 Å². The highest BCUT2D eigenvalue weighted by molar-refractivity contribution is 5.50. The summed E-state index contributed by atoms with van der Waals surface area (Å²) in [6.07, 6.45) is 0.833. The Morgan fingerprint density at radius 3 is 2.39 bits per heavy atom. The van der Waals surface area contributed by atoms with E-state index in [1.807, 2.05) is 25.1 Å². The van der Waals surface area contributed by atoms with Gasteiger partial charge >= 0.3 is 0 Å². The van der Waals surface area contributed by atoms with Crippen molar-refractivity contribution in [2.75, 3.05) is 18.9 Å². The van der Waals surface area contributed by atoms with Crippen molar-refractivity contribution in [2.45, 2.75) is 40.0 Å². The molecule has 0 spiro atoms. The zero-order chi connectivity index (χ0) is 16.8. The number of ether oxygens (including phenoxy) is 2. The van der Waals surface area contributed by atoms with Gasteiger partial charge in [0.05, 0.1) is 13.2 Å². The zero-order valence-electron chi connectivity index (χ0n) is 14.6. The lowest BCUT2D eigenvalue weighted by atomic mass is 10.0. The van der Waals surface area contributed by atoms with Gasteiger partial charge in [0.15, 0.2) is 0 Å². The molecule has 0 aliphatic heterocycles. The second-order valence-electron chi connectivity index (χ2n) is 6.26. The molecule has 0 unspecified atom stereocenters. The maximum absolute atomic E-state index is 5.96. The van der Waals surface area contributed by atoms with Crippen molar-refractivity contribution in [3.63, 3.8) is 0 Å². The average Bonchev–Trinajstić information content (AvgIpc) is 2.50. The van der Waals surface area contributed by atoms with E-state index in [-0.39, 0.29) is 0 Å². The molecule has 3 nitrogen and oxygen atoms in total. The SMILES string of the molecule is Cc1ccc(C(C)C)c(OCCCOc2ccc(C)c(N)c2)c1. The van der Waals surface area contributed by atoms with Gasteiger partial charge in [0, 0.05) is 18.2 Å². The van der Waals surface area contributed by atoms with E-state index < -0.39 is 0 Å². The number of hydrogen-bond acceptors (Lipinski definition) is 3. The van der Waals surface area contributed by atoms with Crippen LogP contribution < -0.4 is 15.2 Å². The first-order valence-electron chi connectivity index (χ1n) is 8.19. The Morgan fingerprint density at radius 1 is 0.957 bits per heavy atom. The van der Waals surface area contributed by atoms with Crippen molar-refractivity contribution in [3.05, 3.63) is 53.1 Å². The molecule has 0 aromatic heterocycles. The number of anilines is 1. The second kappa shape index (κ2) is 7.91. The lowest BCUT2D eigenvalue weighted by molar-refractivity contribution is 0.246. The van der Waals surface area contributed by atoms with E-state index in [1.54, 1.807) is 0 Å². The highest BCUT2D eigenvalue weighted by atomic mass is 16.5. The Balaban J connectivity index is 1.81. The number of aryl methyl sites for hydroxylation is 2. The lowest BCUT2D eigenvalue weighted by Gasteiger charge is -2.15. The monoisotopic (exact) mass is 313 g/mol. The molecule has 2 N–H and O–H groups in total. The molecule has 0 heterocycles. The third kappa shape index (κ3) is 4.92. The molecule has 3 heteroatoms. The first kappa shape index (κ1) is 17.2. The topological polar surface area (TPSA) is 44.5 Å². The predicted octanol–water partition coefficient (Wildman–Crippen LogP) is 4.86. The molecule has 0 saturated heterocycles. The summed E-state index contributed by atoms with van der Waals surface area (Å²) >= 11 is 0. The van der Waals surface area contributed by atoms with Crippen LogP contribution in [0.2, 0.25) is 0 Å². The van der Waals surface area contributed by atoms with Crippen molar-refractivity contribution in [1.29, 1.82) is 0 Å². The minimum atomic E-state index is 0.456. The van der Waals surface area contributed by atoms with E-state index in [4.69, 9.17) is 15.2 Å². The Hall–Kier alpha value is -2.16. The molecule has 0 radical (unpaired) electrons. The molecule has 23 heavy (non-hydrogen) atoms. The Morgan fingerprint density at radius 2 is 1.70 bits per heavy atom. The Bertz CT molecular complexity index is 650. The fourth-order valence-electron chi connectivity index (χ4n) is 2.38. The fraction of sp³-hybridized carbons (Fsp3) is 0.400. The second-order valence-corrected chi connectivity index (χ2v) is 6.26. The van der Waals surface area contributed by atoms with Gasteiger partial charge in [0.1, 0.15) is 11.5 Å². The highest BCUT2D eigenvalue weighted by Gasteiger charge is 2.08. The van der Waals surface area contributed by atoms with Gasteiger partial charge in [-0.15, -0.1) is 0 Å². The molecule has 2 rings (SSSR count). The summed E-state index contributed by atoms with van der Waals surface area (Å²) in [7, 11) is 0. The molecular weight excluding hydrogens is 286 g/mol. The Kier molecular flexibility index (Phi) is 5.91. The molecule has 124 valence electrons. The molecule has 0 amide bonds. The quantitative estimate of drug-likeness (QED) is 0.586. The maximum atomic E-state index is 5.96. The van der Waals surface area contributed by atoms with Crippen LogP contribution in [-0.4, -0.2) is 13.2 Å². The van der Waals surface area contributed by atoms with Gasteiger partial charge in [0.25, 0.3) is 0 Å². The van der Waals surface area contributed by atoms with Crippen LogP contribution in [0.3, 0.4) is 0 Å². The summed E-state index contributed by atoms with van der Waals surface area (Å²) in [6, 6.07) is 12.2. The van der Waals surface area contributed by atoms with Crippen LogP contribution in [0.15, 0.2) is 36.4 Å². The van der Waals surface area contributed by atoms with Crippen molar-refractivity contribution in [3.8, 4) is 11.5 Å². The molecular formula is C20H27NO2. The van der Waals surface area contributed by atoms with Crippen LogP contribution in [0.25, 0.3) is 0 Å². The number of hydrogen-bond donors (Lipinski definition) is 1. The van der Waals surface area contributed by atoms with Crippen LogP contribution in [-0.2, 0) is 0 Å². The summed E-state index contributed by atoms with van der Waals surface area (Å²) in [4.78, 5) is 0. The third-order valence-electron chi connectivity index (χ3n) is 3.86. The summed E-state index contributed by atoms with van der Waals surface area (Å²) < 4.78 is 11.7. The van der Waals surface area contributed by atoms with Gasteiger partial charge in [-0.1, -0.05) is 32.0 Å². The van der Waals surface area contributed by atoms with Gasteiger partial charge in [-0.25, -0.2) is 0 Å². The first-order valence-corrected chi connectivity index (χ1v) is 8.19. The minimum absolute atomic E-state index is 0.456. The Labute approximate surface area is 139 Å². The lowest BCUT2D eigenvalue weighted by Crippen LogP contribution is -2.07. The summed E-state index contributed by atoms with van der Waals surface area (Å²) in [5.41, 5.74) is 10.2. The largest absolute Gasteiger partial charge is 0.493 e. The van der Waals surface area contributed by atoms with Crippen molar-refractivity contribution in [2.24, 2.45) is 0 Å². The van der Waals surface area contributed by atoms with E-state index >= 15 is 0 Å². The highest BCUT2D eigenvalue weighted by Crippen LogP contribution is 2.27. The summed E-state index contributed by atoms with van der Waals surface area (Å²) in [5, 5.41) is 0. The molecule has 2 aromatic carbocycles. The maximum Gasteiger partial charge on any atom is 0.123 e. The van der Waals surface area contributed by atoms with E-state index in [2.05, 4.69) is 39.0 Å². The van der Waals surface area contributed by atoms with Crippen LogP contribution >= 0.6 is 0 Å². The van der Waals surface area contributed by atoms with Crippen LogP contribution in [0.5, 0.6) is 11.5 Å². The minimum Gasteiger partial charge on any atom is -0.493 e. The van der Waals surface area contributed by atoms with Crippen molar-refractivity contribution in [1.82, 2.24) is 0 Å². The molecule has 0 aliphatic carbocycles. The van der Waals surface area contributed by atoms with Gasteiger partial charge in [0.2, 0.25) is 0 Å². The molecule has 0 aliphatic rings. The van der Waals surface area contributed by atoms with Gasteiger partial charge in [-0.05, 0) is 48.6 Å². The average molecular weight is 313 g/mol. The normalized spacial score (nSPS) is 10.8. The number of rotatable bonds is 7. The van der Waals surface area contributed by atoms with E-state index in [0.29, 0.717) is 19.1 Å². The van der Waals surface area contributed by atoms with Crippen molar-refractivity contribution < 1.29 is 9.47 Å². The van der Waals surface area contributed by atoms with Gasteiger partial charge < -0.3 is 15.2 Å². The van der Waals surface area contributed by atoms with Gasteiger partial charge in [-0.3, -0.25) is 0 Å². The summed E-state index contributed by atoms with van der Waals surface area (Å²) in [5.74, 6) is 2.25. The van der Waals surface area contributed by atoms with E-state index in [1.165, 1.54) is 11.1 Å². The van der Waals surface area contributed by atoms with E-state index in [9.17, 15) is 0 Å². The predicted molar refractivity (Wildman–Crippen MR) is 96.5 cm³/mol. The standard InChI is InChI=1S/C20H27NO2/c1-14(2)18-9-6-15(3)12-20(18)23-11-5-10-22-17-8-7-16(4)19(21)13-17/h6-9,12-14H,5,10-11,21H2,1-4H3. The smallest absolute Gasteiger partial charge is 0.123 e. The number of nitrogen functional groups attached to an aromatic ring is 1. The molecule has 0 fully saturated rings. The molecule has 0 bridgehead atoms. The van der Waals surface area contributed by atoms with Crippen LogP contribution in [0.4, 0.5) is 5.69 Å².